The van der Waals surface area contributed by atoms with E-state index >= 15 is 0 Å². The Kier molecular flexibility index (Phi) is 6.88. The highest BCUT2D eigenvalue weighted by Crippen LogP contribution is 2.44. The summed E-state index contributed by atoms with van der Waals surface area (Å²) < 4.78 is 5.64. The van der Waals surface area contributed by atoms with Crippen LogP contribution in [0.4, 0.5) is 4.79 Å². The van der Waals surface area contributed by atoms with Gasteiger partial charge in [-0.3, -0.25) is 4.79 Å². The molecule has 0 radical (unpaired) electrons. The number of benzene rings is 2. The quantitative estimate of drug-likeness (QED) is 0.588. The molecule has 0 aromatic heterocycles. The number of nitrogens with one attached hydrogen (secondary N) is 1. The lowest BCUT2D eigenvalue weighted by atomic mass is 9.87. The Morgan fingerprint density at radius 2 is 1.66 bits per heavy atom. The summed E-state index contributed by atoms with van der Waals surface area (Å²) in [5, 5.41) is 12.5. The number of carboxylic acids is 1. The van der Waals surface area contributed by atoms with E-state index in [1.807, 2.05) is 38.1 Å². The van der Waals surface area contributed by atoms with Crippen LogP contribution in [0.5, 0.6) is 0 Å². The van der Waals surface area contributed by atoms with Gasteiger partial charge < -0.3 is 20.1 Å². The van der Waals surface area contributed by atoms with Gasteiger partial charge in [0.2, 0.25) is 5.91 Å². The summed E-state index contributed by atoms with van der Waals surface area (Å²) in [6, 6.07) is 16.3. The molecule has 2 aromatic rings. The number of carbonyl (C=O) groups excluding carboxylic acids is 2. The van der Waals surface area contributed by atoms with Gasteiger partial charge in [0, 0.05) is 24.4 Å². The number of aliphatic carboxylic acids is 1. The van der Waals surface area contributed by atoms with Gasteiger partial charge in [-0.1, -0.05) is 48.5 Å². The summed E-state index contributed by atoms with van der Waals surface area (Å²) in [7, 11) is 0. The van der Waals surface area contributed by atoms with Crippen molar-refractivity contribution in [1.82, 2.24) is 10.2 Å². The lowest BCUT2D eigenvalue weighted by molar-refractivity contribution is -0.161. The molecular weight excluding hydrogens is 444 g/mol. The van der Waals surface area contributed by atoms with Gasteiger partial charge in [0.15, 0.2) is 0 Å². The molecule has 35 heavy (non-hydrogen) atoms. The summed E-state index contributed by atoms with van der Waals surface area (Å²) in [5.74, 6) is -1.19. The second kappa shape index (κ2) is 9.72. The van der Waals surface area contributed by atoms with Crippen molar-refractivity contribution in [3.63, 3.8) is 0 Å². The minimum absolute atomic E-state index is 0.0226. The molecule has 1 fully saturated rings. The Hall–Kier alpha value is -3.35. The number of piperidine rings is 1. The zero-order valence-corrected chi connectivity index (χ0v) is 20.7. The van der Waals surface area contributed by atoms with Gasteiger partial charge in [-0.25, -0.2) is 9.59 Å². The molecule has 2 amide bonds. The summed E-state index contributed by atoms with van der Waals surface area (Å²) >= 11 is 0. The monoisotopic (exact) mass is 478 g/mol. The molecule has 1 atom stereocenters. The first kappa shape index (κ1) is 24.8. The van der Waals surface area contributed by atoms with Gasteiger partial charge in [0.1, 0.15) is 12.1 Å². The average molecular weight is 479 g/mol. The van der Waals surface area contributed by atoms with Crippen molar-refractivity contribution in [3.05, 3.63) is 59.7 Å². The first-order chi connectivity index (χ1) is 16.6. The summed E-state index contributed by atoms with van der Waals surface area (Å²) in [6.07, 6.45) is 2.05. The van der Waals surface area contributed by atoms with Crippen molar-refractivity contribution < 1.29 is 24.2 Å². The van der Waals surface area contributed by atoms with Gasteiger partial charge in [0.25, 0.3) is 0 Å². The molecule has 0 bridgehead atoms. The third kappa shape index (κ3) is 5.04. The zero-order valence-electron chi connectivity index (χ0n) is 20.7. The van der Waals surface area contributed by atoms with E-state index in [1.54, 1.807) is 6.92 Å². The number of amides is 2. The number of nitrogens with zero attached hydrogens (tertiary/aromatic N) is 1. The van der Waals surface area contributed by atoms with Crippen LogP contribution in [0.1, 0.15) is 69.9 Å². The highest BCUT2D eigenvalue weighted by Gasteiger charge is 2.44. The van der Waals surface area contributed by atoms with Crippen LogP contribution in [-0.2, 0) is 14.3 Å². The number of carboxylic acid groups (broad SMARTS) is 1. The van der Waals surface area contributed by atoms with E-state index in [0.717, 1.165) is 24.0 Å². The summed E-state index contributed by atoms with van der Waals surface area (Å²) in [4.78, 5) is 38.9. The molecule has 1 aliphatic carbocycles. The van der Waals surface area contributed by atoms with E-state index in [1.165, 1.54) is 16.0 Å². The van der Waals surface area contributed by atoms with Gasteiger partial charge >= 0.3 is 12.1 Å². The fourth-order valence-electron chi connectivity index (χ4n) is 5.27. The molecular formula is C28H34N2O5. The molecule has 4 rings (SSSR count). The second-order valence-corrected chi connectivity index (χ2v) is 10.4. The fourth-order valence-corrected chi connectivity index (χ4v) is 5.27. The maximum atomic E-state index is 12.9. The number of likely N-dealkylation sites (tertiary alicyclic amines) is 1. The fraction of sp³-hybridized carbons (Fsp3) is 0.464. The molecule has 1 heterocycles. The Morgan fingerprint density at radius 3 is 2.26 bits per heavy atom. The standard InChI is InChI=1S/C28H34N2O5/c1-27(2,16-14-24(31)30-17-9-8-15-28(30,3)25(32)33)29-26(34)35-18-23-21-12-6-4-10-19(21)20-11-5-7-13-22(20)23/h4-7,10-13,23H,8-9,14-18H2,1-3H3,(H,29,34)(H,32,33). The van der Waals surface area contributed by atoms with Crippen LogP contribution in [0.25, 0.3) is 11.1 Å². The molecule has 2 N–H and O–H groups in total. The van der Waals surface area contributed by atoms with Crippen LogP contribution in [0, 0.1) is 0 Å². The first-order valence-corrected chi connectivity index (χ1v) is 12.3. The first-order valence-electron chi connectivity index (χ1n) is 12.3. The predicted octanol–water partition coefficient (Wildman–Crippen LogP) is 4.94. The van der Waals surface area contributed by atoms with Crippen LogP contribution in [0.3, 0.4) is 0 Å². The molecule has 2 aromatic carbocycles. The van der Waals surface area contributed by atoms with Crippen molar-refractivity contribution in [3.8, 4) is 11.1 Å². The largest absolute Gasteiger partial charge is 0.480 e. The van der Waals surface area contributed by atoms with Crippen molar-refractivity contribution >= 4 is 18.0 Å². The SMILES string of the molecule is CC(C)(CCC(=O)N1CCCCC1(C)C(=O)O)NC(=O)OCC1c2ccccc2-c2ccccc21. The predicted molar refractivity (Wildman–Crippen MR) is 133 cm³/mol. The van der Waals surface area contributed by atoms with E-state index in [2.05, 4.69) is 29.6 Å². The Labute approximate surface area is 206 Å². The van der Waals surface area contributed by atoms with Crippen LogP contribution in [0.2, 0.25) is 0 Å². The molecule has 0 spiro atoms. The lowest BCUT2D eigenvalue weighted by Crippen LogP contribution is -2.57. The molecule has 1 saturated heterocycles. The van der Waals surface area contributed by atoms with Crippen LogP contribution >= 0.6 is 0 Å². The molecule has 0 saturated carbocycles. The number of rotatable bonds is 7. The van der Waals surface area contributed by atoms with Crippen molar-refractivity contribution in [2.75, 3.05) is 13.2 Å². The highest BCUT2D eigenvalue weighted by atomic mass is 16.5. The lowest BCUT2D eigenvalue weighted by Gasteiger charge is -2.42. The van der Waals surface area contributed by atoms with E-state index in [-0.39, 0.29) is 24.9 Å². The molecule has 1 aliphatic heterocycles. The van der Waals surface area contributed by atoms with Crippen LogP contribution in [-0.4, -0.2) is 52.2 Å². The third-order valence-electron chi connectivity index (χ3n) is 7.40. The second-order valence-electron chi connectivity index (χ2n) is 10.4. The zero-order chi connectivity index (χ0) is 25.2. The van der Waals surface area contributed by atoms with E-state index < -0.39 is 23.1 Å². The summed E-state index contributed by atoms with van der Waals surface area (Å²) in [6.45, 7) is 5.97. The molecule has 7 heteroatoms. The Balaban J connectivity index is 1.33. The highest BCUT2D eigenvalue weighted by molar-refractivity contribution is 5.87. The van der Waals surface area contributed by atoms with Crippen molar-refractivity contribution in [2.24, 2.45) is 0 Å². The average Bonchev–Trinajstić information content (AvgIpc) is 3.15. The number of hydrogen-bond donors (Lipinski definition) is 2. The van der Waals surface area contributed by atoms with Gasteiger partial charge in [-0.2, -0.15) is 0 Å². The maximum Gasteiger partial charge on any atom is 0.407 e. The number of carbonyl (C=O) groups is 3. The Morgan fingerprint density at radius 1 is 1.06 bits per heavy atom. The van der Waals surface area contributed by atoms with Crippen LogP contribution < -0.4 is 5.32 Å². The third-order valence-corrected chi connectivity index (χ3v) is 7.40. The van der Waals surface area contributed by atoms with Crippen molar-refractivity contribution in [1.29, 1.82) is 0 Å². The molecule has 186 valence electrons. The van der Waals surface area contributed by atoms with Gasteiger partial charge in [0.05, 0.1) is 0 Å². The van der Waals surface area contributed by atoms with E-state index in [0.29, 0.717) is 19.4 Å². The molecule has 1 unspecified atom stereocenters. The minimum atomic E-state index is -1.17. The van der Waals surface area contributed by atoms with Crippen molar-refractivity contribution in [2.45, 2.75) is 69.9 Å². The maximum absolute atomic E-state index is 12.9. The van der Waals surface area contributed by atoms with Gasteiger partial charge in [-0.05, 0) is 68.7 Å². The number of fused-ring (bicyclic) bond motifs is 3. The molecule has 7 nitrogen and oxygen atoms in total. The summed E-state index contributed by atoms with van der Waals surface area (Å²) in [5.41, 5.74) is 2.78. The smallest absolute Gasteiger partial charge is 0.407 e. The van der Waals surface area contributed by atoms with E-state index in [9.17, 15) is 19.5 Å². The normalized spacial score (nSPS) is 19.6. The topological polar surface area (TPSA) is 95.9 Å². The number of ether oxygens (including phenoxy) is 1. The molecule has 2 aliphatic rings. The Bertz CT molecular complexity index is 1080. The van der Waals surface area contributed by atoms with E-state index in [4.69, 9.17) is 4.74 Å². The number of hydrogen-bond acceptors (Lipinski definition) is 4. The van der Waals surface area contributed by atoms with Gasteiger partial charge in [-0.15, -0.1) is 0 Å². The van der Waals surface area contributed by atoms with Crippen LogP contribution in [0.15, 0.2) is 48.5 Å². The minimum Gasteiger partial charge on any atom is -0.480 e. The number of alkyl carbamates (subject to hydrolysis) is 1.